The minimum atomic E-state index is -0.355. The highest BCUT2D eigenvalue weighted by Crippen LogP contribution is 2.67. The number of ether oxygens (including phenoxy) is 1. The summed E-state index contributed by atoms with van der Waals surface area (Å²) in [5.41, 5.74) is 2.49. The molecule has 0 aromatic carbocycles. The van der Waals surface area contributed by atoms with Gasteiger partial charge in [-0.2, -0.15) is 0 Å². The van der Waals surface area contributed by atoms with Crippen molar-refractivity contribution in [2.75, 3.05) is 6.61 Å². The summed E-state index contributed by atoms with van der Waals surface area (Å²) in [7, 11) is 0. The van der Waals surface area contributed by atoms with Gasteiger partial charge in [-0.1, -0.05) is 45.4 Å². The van der Waals surface area contributed by atoms with Gasteiger partial charge in [0.15, 0.2) is 0 Å². The van der Waals surface area contributed by atoms with Crippen molar-refractivity contribution in [1.29, 1.82) is 0 Å². The molecule has 2 N–H and O–H groups in total. The summed E-state index contributed by atoms with van der Waals surface area (Å²) in [4.78, 5) is 12.2. The van der Waals surface area contributed by atoms with Gasteiger partial charge in [-0.15, -0.1) is 0 Å². The van der Waals surface area contributed by atoms with Crippen LogP contribution in [0.3, 0.4) is 0 Å². The van der Waals surface area contributed by atoms with Crippen LogP contribution in [0, 0.1) is 46.3 Å². The molecule has 3 fully saturated rings. The Bertz CT molecular complexity index is 815. The van der Waals surface area contributed by atoms with Gasteiger partial charge in [0, 0.05) is 18.3 Å². The number of allylic oxidation sites excluding steroid dienone is 1. The third kappa shape index (κ3) is 4.32. The zero-order valence-electron chi connectivity index (χ0n) is 22.2. The quantitative estimate of drug-likeness (QED) is 0.349. The molecule has 4 rings (SSSR count). The summed E-state index contributed by atoms with van der Waals surface area (Å²) in [6.07, 6.45) is 10.7. The van der Waals surface area contributed by atoms with Crippen molar-refractivity contribution in [2.45, 2.75) is 105 Å². The van der Waals surface area contributed by atoms with E-state index in [0.717, 1.165) is 31.3 Å². The second-order valence-electron chi connectivity index (χ2n) is 12.8. The molecule has 192 valence electrons. The Morgan fingerprint density at radius 3 is 2.56 bits per heavy atom. The Hall–Kier alpha value is -1.13. The van der Waals surface area contributed by atoms with E-state index in [4.69, 9.17) is 4.74 Å². The largest absolute Gasteiger partial charge is 0.458 e. The number of aliphatic hydroxyl groups is 2. The maximum absolute atomic E-state index is 12.2. The molecule has 4 nitrogen and oxygen atoms in total. The van der Waals surface area contributed by atoms with Crippen LogP contribution in [0.4, 0.5) is 0 Å². The minimum absolute atomic E-state index is 0.139. The lowest BCUT2D eigenvalue weighted by molar-refractivity contribution is -0.161. The predicted molar refractivity (Wildman–Crippen MR) is 136 cm³/mol. The van der Waals surface area contributed by atoms with Gasteiger partial charge in [0.2, 0.25) is 0 Å². The first-order chi connectivity index (χ1) is 16.0. The van der Waals surface area contributed by atoms with Crippen molar-refractivity contribution < 1.29 is 19.7 Å². The van der Waals surface area contributed by atoms with Gasteiger partial charge in [-0.05, 0) is 98.9 Å². The van der Waals surface area contributed by atoms with Crippen LogP contribution < -0.4 is 0 Å². The maximum Gasteiger partial charge on any atom is 0.303 e. The molecule has 34 heavy (non-hydrogen) atoms. The maximum atomic E-state index is 12.2. The molecule has 0 radical (unpaired) electrons. The van der Waals surface area contributed by atoms with Crippen molar-refractivity contribution in [3.8, 4) is 0 Å². The smallest absolute Gasteiger partial charge is 0.303 e. The Morgan fingerprint density at radius 1 is 1.18 bits per heavy atom. The molecule has 4 aliphatic carbocycles. The van der Waals surface area contributed by atoms with Crippen LogP contribution >= 0.6 is 0 Å². The molecular formula is C30H48O4. The summed E-state index contributed by atoms with van der Waals surface area (Å²) in [5, 5.41) is 21.1. The van der Waals surface area contributed by atoms with Crippen LogP contribution in [0.15, 0.2) is 23.8 Å². The Kier molecular flexibility index (Phi) is 7.43. The van der Waals surface area contributed by atoms with Crippen molar-refractivity contribution >= 4 is 5.97 Å². The Balaban J connectivity index is 1.63. The lowest BCUT2D eigenvalue weighted by Gasteiger charge is -2.60. The standard InChI is InChI=1S/C30H48O4/c1-18(2)19(3)7-8-20(4)24-9-10-25-28-26(12-13-29(24,25)6)30(17-31)14-11-23(33)15-22(30)16-27(28)34-21(5)32/h16,18,20,23-28,31,33H,3,7-15,17H2,1-2,4-6H3/t20-,23+,24-,25+,26+,27+,28+,29-,30-/m1/s1. The van der Waals surface area contributed by atoms with E-state index in [-0.39, 0.29) is 41.5 Å². The molecule has 0 bridgehead atoms. The zero-order chi connectivity index (χ0) is 24.8. The molecule has 4 heteroatoms. The number of fused-ring (bicyclic) bond motifs is 5. The van der Waals surface area contributed by atoms with Gasteiger partial charge < -0.3 is 14.9 Å². The fourth-order valence-electron chi connectivity index (χ4n) is 8.89. The molecule has 3 saturated carbocycles. The van der Waals surface area contributed by atoms with Crippen molar-refractivity contribution in [1.82, 2.24) is 0 Å². The molecule has 4 aliphatic rings. The van der Waals surface area contributed by atoms with Crippen molar-refractivity contribution in [3.05, 3.63) is 23.8 Å². The van der Waals surface area contributed by atoms with E-state index >= 15 is 0 Å². The second kappa shape index (κ2) is 9.73. The fourth-order valence-corrected chi connectivity index (χ4v) is 8.89. The Labute approximate surface area is 207 Å². The molecule has 0 aromatic rings. The molecular weight excluding hydrogens is 424 g/mol. The number of carbonyl (C=O) groups excluding carboxylic acids is 1. The highest BCUT2D eigenvalue weighted by molar-refractivity contribution is 5.66. The first-order valence-electron chi connectivity index (χ1n) is 13.9. The van der Waals surface area contributed by atoms with E-state index in [2.05, 4.69) is 40.3 Å². The Morgan fingerprint density at radius 2 is 1.91 bits per heavy atom. The van der Waals surface area contributed by atoms with E-state index in [1.54, 1.807) is 0 Å². The van der Waals surface area contributed by atoms with Crippen molar-refractivity contribution in [3.63, 3.8) is 0 Å². The monoisotopic (exact) mass is 472 g/mol. The second-order valence-corrected chi connectivity index (χ2v) is 12.8. The highest BCUT2D eigenvalue weighted by atomic mass is 16.5. The average molecular weight is 473 g/mol. The predicted octanol–water partition coefficient (Wildman–Crippen LogP) is 6.07. The fraction of sp³-hybridized carbons (Fsp3) is 0.833. The van der Waals surface area contributed by atoms with Crippen LogP contribution in [0.1, 0.15) is 92.4 Å². The number of hydrogen-bond acceptors (Lipinski definition) is 4. The first-order valence-corrected chi connectivity index (χ1v) is 13.9. The molecule has 0 spiro atoms. The minimum Gasteiger partial charge on any atom is -0.458 e. The van der Waals surface area contributed by atoms with Crippen molar-refractivity contribution in [2.24, 2.45) is 46.3 Å². The van der Waals surface area contributed by atoms with Crippen LogP contribution in [0.2, 0.25) is 0 Å². The summed E-state index contributed by atoms with van der Waals surface area (Å²) in [5.74, 6) is 2.74. The lowest BCUT2D eigenvalue weighted by Crippen LogP contribution is -2.57. The third-order valence-electron chi connectivity index (χ3n) is 10.9. The third-order valence-corrected chi connectivity index (χ3v) is 10.9. The van der Waals surface area contributed by atoms with Gasteiger partial charge in [0.05, 0.1) is 12.7 Å². The lowest BCUT2D eigenvalue weighted by atomic mass is 9.46. The van der Waals surface area contributed by atoms with Gasteiger partial charge in [-0.25, -0.2) is 0 Å². The van der Waals surface area contributed by atoms with E-state index in [0.29, 0.717) is 36.0 Å². The van der Waals surface area contributed by atoms with E-state index in [9.17, 15) is 15.0 Å². The SMILES string of the molecule is C=C(CC[C@@H](C)[C@H]1CC[C@H]2[C@@H]3[C@@H](OC(C)=O)C=C4C[C@@H](O)CC[C@]4(CO)[C@H]3CC[C@]12C)C(C)C. The van der Waals surface area contributed by atoms with Crippen LogP contribution in [-0.4, -0.2) is 35.0 Å². The average Bonchev–Trinajstić information content (AvgIpc) is 3.13. The molecule has 0 unspecified atom stereocenters. The normalized spacial score (nSPS) is 42.3. The number of rotatable bonds is 7. The summed E-state index contributed by atoms with van der Waals surface area (Å²) in [6, 6.07) is 0. The van der Waals surface area contributed by atoms with Gasteiger partial charge in [0.25, 0.3) is 0 Å². The summed E-state index contributed by atoms with van der Waals surface area (Å²) < 4.78 is 6.00. The molecule has 0 aliphatic heterocycles. The molecule has 9 atom stereocenters. The van der Waals surface area contributed by atoms with Crippen LogP contribution in [-0.2, 0) is 9.53 Å². The molecule has 0 amide bonds. The molecule has 0 heterocycles. The van der Waals surface area contributed by atoms with Crippen LogP contribution in [0.25, 0.3) is 0 Å². The topological polar surface area (TPSA) is 66.8 Å². The molecule has 0 aromatic heterocycles. The van der Waals surface area contributed by atoms with E-state index in [1.165, 1.54) is 38.2 Å². The zero-order valence-corrected chi connectivity index (χ0v) is 22.2. The first kappa shape index (κ1) is 25.9. The van der Waals surface area contributed by atoms with Crippen LogP contribution in [0.5, 0.6) is 0 Å². The highest BCUT2D eigenvalue weighted by Gasteiger charge is 2.62. The van der Waals surface area contributed by atoms with E-state index < -0.39 is 0 Å². The number of aliphatic hydroxyl groups excluding tert-OH is 2. The van der Waals surface area contributed by atoms with Gasteiger partial charge in [0.1, 0.15) is 6.10 Å². The summed E-state index contributed by atoms with van der Waals surface area (Å²) in [6.45, 7) is 15.4. The van der Waals surface area contributed by atoms with E-state index in [1.807, 2.05) is 0 Å². The number of carbonyl (C=O) groups is 1. The number of esters is 1. The number of hydrogen-bond donors (Lipinski definition) is 2. The summed E-state index contributed by atoms with van der Waals surface area (Å²) >= 11 is 0. The van der Waals surface area contributed by atoms with Gasteiger partial charge >= 0.3 is 5.97 Å². The molecule has 0 saturated heterocycles. The van der Waals surface area contributed by atoms with Gasteiger partial charge in [-0.3, -0.25) is 4.79 Å².